The number of nitrogens with zero attached hydrogens (tertiary/aromatic N) is 2. The Labute approximate surface area is 190 Å². The highest BCUT2D eigenvalue weighted by molar-refractivity contribution is 5.89. The highest BCUT2D eigenvalue weighted by Crippen LogP contribution is 2.19. The number of carbonyl (C=O) groups is 3. The summed E-state index contributed by atoms with van der Waals surface area (Å²) < 4.78 is 26.7. The van der Waals surface area contributed by atoms with Gasteiger partial charge in [0.25, 0.3) is 0 Å². The fraction of sp³-hybridized carbons (Fsp3) is 0.391. The fourth-order valence-corrected chi connectivity index (χ4v) is 3.78. The van der Waals surface area contributed by atoms with Crippen molar-refractivity contribution in [1.82, 2.24) is 20.5 Å². The molecule has 0 spiro atoms. The maximum atomic E-state index is 13.4. The van der Waals surface area contributed by atoms with E-state index in [1.165, 1.54) is 11.1 Å². The number of nitrogens with one attached hydrogen (secondary N) is 3. The van der Waals surface area contributed by atoms with E-state index in [-0.39, 0.29) is 30.8 Å². The van der Waals surface area contributed by atoms with Gasteiger partial charge in [-0.2, -0.15) is 0 Å². The van der Waals surface area contributed by atoms with E-state index in [0.717, 1.165) is 18.2 Å². The molecule has 3 rings (SSSR count). The molecule has 1 aliphatic rings. The van der Waals surface area contributed by atoms with Gasteiger partial charge in [-0.3, -0.25) is 14.6 Å². The Balaban J connectivity index is 1.55. The van der Waals surface area contributed by atoms with Gasteiger partial charge in [0, 0.05) is 50.8 Å². The molecule has 4 amide bonds. The Morgan fingerprint density at radius 3 is 2.64 bits per heavy atom. The van der Waals surface area contributed by atoms with Crippen LogP contribution in [0.25, 0.3) is 0 Å². The van der Waals surface area contributed by atoms with Crippen LogP contribution < -0.4 is 16.0 Å². The van der Waals surface area contributed by atoms with Gasteiger partial charge in [0.15, 0.2) is 0 Å². The van der Waals surface area contributed by atoms with Crippen molar-refractivity contribution in [3.8, 4) is 0 Å². The molecule has 1 aliphatic heterocycles. The summed E-state index contributed by atoms with van der Waals surface area (Å²) in [6.45, 7) is 0.281. The number of carbonyl (C=O) groups excluding carboxylic acids is 3. The summed E-state index contributed by atoms with van der Waals surface area (Å²) in [5.74, 6) is -2.56. The van der Waals surface area contributed by atoms with Crippen molar-refractivity contribution in [3.05, 3.63) is 59.9 Å². The second-order valence-corrected chi connectivity index (χ2v) is 8.14. The molecule has 1 aromatic heterocycles. The largest absolute Gasteiger partial charge is 0.352 e. The van der Waals surface area contributed by atoms with Crippen molar-refractivity contribution < 1.29 is 23.2 Å². The summed E-state index contributed by atoms with van der Waals surface area (Å²) in [4.78, 5) is 43.1. The van der Waals surface area contributed by atoms with E-state index in [2.05, 4.69) is 20.9 Å². The molecule has 1 fully saturated rings. The molecule has 1 saturated heterocycles. The van der Waals surface area contributed by atoms with Gasteiger partial charge in [-0.05, 0) is 42.7 Å². The van der Waals surface area contributed by atoms with E-state index in [4.69, 9.17) is 0 Å². The second-order valence-electron chi connectivity index (χ2n) is 8.14. The van der Waals surface area contributed by atoms with Gasteiger partial charge in [-0.15, -0.1) is 0 Å². The van der Waals surface area contributed by atoms with Gasteiger partial charge >= 0.3 is 6.03 Å². The van der Waals surface area contributed by atoms with E-state index in [0.29, 0.717) is 37.1 Å². The maximum Gasteiger partial charge on any atom is 0.319 e. The number of hydrogen-bond acceptors (Lipinski definition) is 4. The summed E-state index contributed by atoms with van der Waals surface area (Å²) in [6.07, 6.45) is 4.80. The number of rotatable bonds is 5. The third kappa shape index (κ3) is 7.51. The number of hydrogen-bond donors (Lipinski definition) is 3. The van der Waals surface area contributed by atoms with Crippen LogP contribution in [0.15, 0.2) is 42.7 Å². The monoisotopic (exact) mass is 459 g/mol. The van der Waals surface area contributed by atoms with Crippen LogP contribution in [-0.2, 0) is 16.1 Å². The van der Waals surface area contributed by atoms with Crippen molar-refractivity contribution in [3.63, 3.8) is 0 Å². The van der Waals surface area contributed by atoms with E-state index in [9.17, 15) is 23.2 Å². The van der Waals surface area contributed by atoms with Crippen LogP contribution >= 0.6 is 0 Å². The molecular formula is C23H27F2N5O3. The van der Waals surface area contributed by atoms with Gasteiger partial charge in [-0.1, -0.05) is 6.42 Å². The number of benzene rings is 1. The molecule has 0 radical (unpaired) electrons. The lowest BCUT2D eigenvalue weighted by Gasteiger charge is -2.24. The van der Waals surface area contributed by atoms with Crippen molar-refractivity contribution in [2.45, 2.75) is 38.3 Å². The highest BCUT2D eigenvalue weighted by atomic mass is 19.1. The first kappa shape index (κ1) is 24.1. The smallest absolute Gasteiger partial charge is 0.319 e. The lowest BCUT2D eigenvalue weighted by atomic mass is 9.96. The van der Waals surface area contributed by atoms with Crippen molar-refractivity contribution >= 4 is 23.5 Å². The summed E-state index contributed by atoms with van der Waals surface area (Å²) in [7, 11) is 1.63. The Hall–Kier alpha value is -3.56. The topological polar surface area (TPSA) is 103 Å². The molecule has 3 N–H and O–H groups in total. The minimum Gasteiger partial charge on any atom is -0.352 e. The quantitative estimate of drug-likeness (QED) is 0.640. The number of anilines is 1. The number of amides is 4. The van der Waals surface area contributed by atoms with Gasteiger partial charge in [0.05, 0.1) is 11.9 Å². The van der Waals surface area contributed by atoms with E-state index >= 15 is 0 Å². The summed E-state index contributed by atoms with van der Waals surface area (Å²) in [5, 5.41) is 8.24. The molecule has 1 aromatic carbocycles. The van der Waals surface area contributed by atoms with Crippen molar-refractivity contribution in [2.75, 3.05) is 18.9 Å². The summed E-state index contributed by atoms with van der Waals surface area (Å²) in [5.41, 5.74) is 0.855. The molecule has 2 atom stereocenters. The first-order chi connectivity index (χ1) is 15.8. The molecule has 8 nitrogen and oxygen atoms in total. The molecule has 2 heterocycles. The first-order valence-corrected chi connectivity index (χ1v) is 10.7. The molecule has 176 valence electrons. The van der Waals surface area contributed by atoms with Crippen LogP contribution in [0.2, 0.25) is 0 Å². The van der Waals surface area contributed by atoms with Crippen LogP contribution in [0.4, 0.5) is 19.3 Å². The van der Waals surface area contributed by atoms with Gasteiger partial charge in [-0.25, -0.2) is 13.6 Å². The van der Waals surface area contributed by atoms with E-state index in [1.54, 1.807) is 25.4 Å². The number of halogens is 2. The van der Waals surface area contributed by atoms with Crippen LogP contribution in [0.3, 0.4) is 0 Å². The van der Waals surface area contributed by atoms with Crippen LogP contribution in [0.5, 0.6) is 0 Å². The zero-order chi connectivity index (χ0) is 23.8. The number of likely N-dealkylation sites (N-methyl/N-ethyl adjacent to an activating group) is 1. The predicted octanol–water partition coefficient (Wildman–Crippen LogP) is 2.81. The highest BCUT2D eigenvalue weighted by Gasteiger charge is 2.27. The first-order valence-electron chi connectivity index (χ1n) is 10.7. The summed E-state index contributed by atoms with van der Waals surface area (Å²) >= 11 is 0. The minimum atomic E-state index is -0.718. The molecule has 2 aromatic rings. The van der Waals surface area contributed by atoms with Gasteiger partial charge in [0.1, 0.15) is 11.6 Å². The zero-order valence-electron chi connectivity index (χ0n) is 18.3. The van der Waals surface area contributed by atoms with Gasteiger partial charge < -0.3 is 20.9 Å². The minimum absolute atomic E-state index is 0.0223. The lowest BCUT2D eigenvalue weighted by molar-refractivity contribution is -0.135. The van der Waals surface area contributed by atoms with Crippen LogP contribution in [0.1, 0.15) is 31.2 Å². The third-order valence-electron chi connectivity index (χ3n) is 5.46. The zero-order valence-corrected chi connectivity index (χ0v) is 18.3. The Bertz CT molecular complexity index is 969. The Kier molecular flexibility index (Phi) is 8.28. The normalized spacial score (nSPS) is 19.1. The van der Waals surface area contributed by atoms with Crippen LogP contribution in [0, 0.1) is 17.6 Å². The second kappa shape index (κ2) is 11.3. The maximum absolute atomic E-state index is 13.4. The number of aromatic nitrogens is 1. The summed E-state index contributed by atoms with van der Waals surface area (Å²) in [6, 6.07) is 5.80. The van der Waals surface area contributed by atoms with E-state index < -0.39 is 23.6 Å². The van der Waals surface area contributed by atoms with Crippen molar-refractivity contribution in [2.24, 2.45) is 5.92 Å². The average Bonchev–Trinajstić information content (AvgIpc) is 2.82. The predicted molar refractivity (Wildman–Crippen MR) is 118 cm³/mol. The average molecular weight is 459 g/mol. The van der Waals surface area contributed by atoms with E-state index in [1.807, 2.05) is 0 Å². The molecule has 0 aliphatic carbocycles. The molecule has 0 saturated carbocycles. The molecule has 0 bridgehead atoms. The molecule has 2 unspecified atom stereocenters. The molecule has 33 heavy (non-hydrogen) atoms. The van der Waals surface area contributed by atoms with Crippen LogP contribution in [-0.4, -0.2) is 47.4 Å². The number of pyridine rings is 1. The lowest BCUT2D eigenvalue weighted by Crippen LogP contribution is -2.45. The SMILES string of the molecule is CN1CC(NC(=O)Nc2cccnc2)CCCC(C(=O)NCc2cc(F)cc(F)c2)CC1=O. The third-order valence-corrected chi connectivity index (χ3v) is 5.46. The number of urea groups is 1. The molecule has 10 heteroatoms. The fourth-order valence-electron chi connectivity index (χ4n) is 3.78. The van der Waals surface area contributed by atoms with Gasteiger partial charge in [0.2, 0.25) is 11.8 Å². The molecular weight excluding hydrogens is 432 g/mol. The standard InChI is InChI=1S/C23H27F2N5O3/c1-30-14-20(29-23(33)28-19-6-3-7-26-13-19)5-2-4-16(10-21(30)31)22(32)27-12-15-8-17(24)11-18(25)9-15/h3,6-9,11,13,16,20H,2,4-5,10,12,14H2,1H3,(H,27,32)(H2,28,29,33). The Morgan fingerprint density at radius 1 is 1.18 bits per heavy atom. The Morgan fingerprint density at radius 2 is 1.94 bits per heavy atom. The van der Waals surface area contributed by atoms with Crippen molar-refractivity contribution in [1.29, 1.82) is 0 Å².